The Morgan fingerprint density at radius 1 is 1.08 bits per heavy atom. The van der Waals surface area contributed by atoms with Crippen molar-refractivity contribution in [1.82, 2.24) is 9.80 Å². The van der Waals surface area contributed by atoms with Crippen LogP contribution in [0.1, 0.15) is 70.1 Å². The zero-order valence-corrected chi connectivity index (χ0v) is 21.0. The number of amides is 1. The van der Waals surface area contributed by atoms with Gasteiger partial charge in [0, 0.05) is 24.7 Å². The second kappa shape index (κ2) is 12.0. The summed E-state index contributed by atoms with van der Waals surface area (Å²) >= 11 is 0. The van der Waals surface area contributed by atoms with Crippen molar-refractivity contribution in [1.29, 1.82) is 5.41 Å². The van der Waals surface area contributed by atoms with Crippen LogP contribution in [0.15, 0.2) is 28.5 Å². The van der Waals surface area contributed by atoms with Crippen molar-refractivity contribution in [3.8, 4) is 0 Å². The summed E-state index contributed by atoms with van der Waals surface area (Å²) < 4.78 is 85.7. The van der Waals surface area contributed by atoms with Gasteiger partial charge in [0.05, 0.1) is 17.2 Å². The summed E-state index contributed by atoms with van der Waals surface area (Å²) in [4.78, 5) is 15.7. The van der Waals surface area contributed by atoms with Crippen LogP contribution in [0.5, 0.6) is 0 Å². The third-order valence-corrected chi connectivity index (χ3v) is 6.23. The van der Waals surface area contributed by atoms with Crippen molar-refractivity contribution in [3.63, 3.8) is 0 Å². The van der Waals surface area contributed by atoms with Crippen molar-refractivity contribution in [2.45, 2.75) is 96.5 Å². The van der Waals surface area contributed by atoms with Crippen LogP contribution in [0.4, 0.5) is 31.1 Å². The SMILES string of the molecule is CC[C@@H]1CC(N(Cc2cc(C(F)(F)F)cc(C(F)(F)F)c2)C(=N)N=NN)C[C@H](CC)N1C(=O)OC(C)C. The molecular formula is C23H32F6N6O2. The minimum absolute atomic E-state index is 0.0534. The molecule has 14 heteroatoms. The van der Waals surface area contributed by atoms with Gasteiger partial charge < -0.3 is 20.4 Å². The van der Waals surface area contributed by atoms with Crippen LogP contribution >= 0.6 is 0 Å². The molecule has 1 fully saturated rings. The molecule has 0 saturated carbocycles. The first-order valence-electron chi connectivity index (χ1n) is 11.9. The highest BCUT2D eigenvalue weighted by atomic mass is 19.4. The van der Waals surface area contributed by atoms with Crippen LogP contribution < -0.4 is 5.84 Å². The number of nitrogens with zero attached hydrogens (tertiary/aromatic N) is 4. The van der Waals surface area contributed by atoms with Gasteiger partial charge in [-0.25, -0.2) is 4.79 Å². The fourth-order valence-corrected chi connectivity index (χ4v) is 4.59. The van der Waals surface area contributed by atoms with E-state index in [2.05, 4.69) is 10.3 Å². The molecule has 37 heavy (non-hydrogen) atoms. The van der Waals surface area contributed by atoms with E-state index in [9.17, 15) is 31.1 Å². The summed E-state index contributed by atoms with van der Waals surface area (Å²) in [6.07, 6.45) is -9.26. The maximum Gasteiger partial charge on any atom is 0.416 e. The zero-order valence-electron chi connectivity index (χ0n) is 21.0. The van der Waals surface area contributed by atoms with Gasteiger partial charge in [0.25, 0.3) is 0 Å². The quantitative estimate of drug-likeness (QED) is 0.110. The predicted octanol–water partition coefficient (Wildman–Crippen LogP) is 6.35. The fourth-order valence-electron chi connectivity index (χ4n) is 4.59. The number of alkyl halides is 6. The minimum atomic E-state index is -5.01. The average Bonchev–Trinajstić information content (AvgIpc) is 2.79. The zero-order chi connectivity index (χ0) is 28.1. The van der Waals surface area contributed by atoms with Crippen molar-refractivity contribution in [2.75, 3.05) is 0 Å². The van der Waals surface area contributed by atoms with Crippen LogP contribution in [0, 0.1) is 5.41 Å². The van der Waals surface area contributed by atoms with Gasteiger partial charge in [-0.3, -0.25) is 5.41 Å². The molecule has 1 saturated heterocycles. The van der Waals surface area contributed by atoms with E-state index in [1.54, 1.807) is 18.7 Å². The van der Waals surface area contributed by atoms with Gasteiger partial charge in [0.2, 0.25) is 5.96 Å². The van der Waals surface area contributed by atoms with Crippen molar-refractivity contribution >= 4 is 12.1 Å². The number of guanidine groups is 1. The Balaban J connectivity index is 2.49. The van der Waals surface area contributed by atoms with E-state index in [-0.39, 0.29) is 42.7 Å². The summed E-state index contributed by atoms with van der Waals surface area (Å²) in [6.45, 7) is 6.68. The van der Waals surface area contributed by atoms with Crippen LogP contribution in [0.2, 0.25) is 0 Å². The van der Waals surface area contributed by atoms with E-state index in [1.165, 1.54) is 4.90 Å². The summed E-state index contributed by atoms with van der Waals surface area (Å²) in [5, 5.41) is 14.9. The Hall–Kier alpha value is -3.06. The van der Waals surface area contributed by atoms with Gasteiger partial charge in [0.15, 0.2) is 0 Å². The fraction of sp³-hybridized carbons (Fsp3) is 0.652. The van der Waals surface area contributed by atoms with Crippen molar-refractivity contribution < 1.29 is 35.9 Å². The lowest BCUT2D eigenvalue weighted by atomic mass is 9.87. The molecule has 208 valence electrons. The first-order valence-corrected chi connectivity index (χ1v) is 11.9. The number of rotatable bonds is 6. The Bertz CT molecular complexity index is 935. The second-order valence-electron chi connectivity index (χ2n) is 9.17. The second-order valence-corrected chi connectivity index (χ2v) is 9.17. The molecule has 1 aliphatic heterocycles. The Labute approximate surface area is 211 Å². The first kappa shape index (κ1) is 30.2. The van der Waals surface area contributed by atoms with Crippen molar-refractivity contribution in [2.24, 2.45) is 16.2 Å². The molecule has 8 nitrogen and oxygen atoms in total. The van der Waals surface area contributed by atoms with Gasteiger partial charge >= 0.3 is 18.4 Å². The number of carbonyl (C=O) groups excluding carboxylic acids is 1. The maximum atomic E-state index is 13.4. The van der Waals surface area contributed by atoms with E-state index < -0.39 is 48.1 Å². The Morgan fingerprint density at radius 2 is 1.57 bits per heavy atom. The lowest BCUT2D eigenvalue weighted by Gasteiger charge is -2.47. The molecule has 1 heterocycles. The predicted molar refractivity (Wildman–Crippen MR) is 123 cm³/mol. The highest BCUT2D eigenvalue weighted by molar-refractivity contribution is 5.77. The van der Waals surface area contributed by atoms with E-state index in [1.807, 2.05) is 13.8 Å². The summed E-state index contributed by atoms with van der Waals surface area (Å²) in [7, 11) is 0. The minimum Gasteiger partial charge on any atom is -0.447 e. The molecule has 1 unspecified atom stereocenters. The number of benzene rings is 1. The van der Waals surface area contributed by atoms with Gasteiger partial charge in [0.1, 0.15) is 0 Å². The lowest BCUT2D eigenvalue weighted by Crippen LogP contribution is -2.57. The number of ether oxygens (including phenoxy) is 1. The number of halogens is 6. The number of piperidine rings is 1. The highest BCUT2D eigenvalue weighted by Crippen LogP contribution is 2.37. The Morgan fingerprint density at radius 3 is 1.95 bits per heavy atom. The molecule has 0 spiro atoms. The number of carbonyl (C=O) groups is 1. The van der Waals surface area contributed by atoms with E-state index in [0.29, 0.717) is 25.0 Å². The van der Waals surface area contributed by atoms with E-state index in [4.69, 9.17) is 16.0 Å². The molecule has 1 amide bonds. The largest absolute Gasteiger partial charge is 0.447 e. The van der Waals surface area contributed by atoms with Crippen LogP contribution in [0.25, 0.3) is 0 Å². The van der Waals surface area contributed by atoms with Gasteiger partial charge in [-0.1, -0.05) is 24.2 Å². The molecule has 1 aliphatic rings. The standard InChI is InChI=1S/C23H32F6N6O2/c1-5-17-10-19(11-18(6-2)35(17)21(36)37-13(3)4)34(20(30)32-33-31)12-14-7-15(22(24,25)26)9-16(8-14)23(27,28)29/h7-9,13,17-19H,5-6,10-12H2,1-4H3,(H3,30,31,32)/t17-,18+,19?. The third kappa shape index (κ3) is 7.71. The molecule has 3 N–H and O–H groups in total. The summed E-state index contributed by atoms with van der Waals surface area (Å²) in [5.41, 5.74) is -3.20. The molecule has 0 bridgehead atoms. The molecule has 3 atom stereocenters. The smallest absolute Gasteiger partial charge is 0.416 e. The molecule has 1 aromatic carbocycles. The number of nitrogens with two attached hydrogens (primary N) is 1. The van der Waals surface area contributed by atoms with E-state index in [0.717, 1.165) is 0 Å². The van der Waals surface area contributed by atoms with Crippen LogP contribution in [-0.4, -0.2) is 46.1 Å². The van der Waals surface area contributed by atoms with E-state index >= 15 is 0 Å². The topological polar surface area (TPSA) is 107 Å². The molecule has 2 rings (SSSR count). The number of hydrogen-bond donors (Lipinski definition) is 2. The van der Waals surface area contributed by atoms with Gasteiger partial charge in [-0.05, 0) is 63.3 Å². The molecule has 1 aromatic rings. The lowest BCUT2D eigenvalue weighted by molar-refractivity contribution is -0.143. The average molecular weight is 539 g/mol. The number of hydrogen-bond acceptors (Lipinski definition) is 4. The monoisotopic (exact) mass is 538 g/mol. The number of nitrogens with one attached hydrogen (secondary N) is 1. The number of likely N-dealkylation sites (tertiary alicyclic amines) is 1. The Kier molecular flexibility index (Phi) is 9.78. The molecule has 0 radical (unpaired) electrons. The molecule has 0 aliphatic carbocycles. The van der Waals surface area contributed by atoms with Gasteiger partial charge in [-0.15, -0.1) is 0 Å². The normalized spacial score (nSPS) is 20.9. The third-order valence-electron chi connectivity index (χ3n) is 6.23. The highest BCUT2D eigenvalue weighted by Gasteiger charge is 2.41. The van der Waals surface area contributed by atoms with Gasteiger partial charge in [-0.2, -0.15) is 26.3 Å². The van der Waals surface area contributed by atoms with Crippen molar-refractivity contribution in [3.05, 3.63) is 34.9 Å². The molecule has 0 aromatic heterocycles. The first-order chi connectivity index (χ1) is 17.1. The molecular weight excluding hydrogens is 506 g/mol. The van der Waals surface area contributed by atoms with Crippen LogP contribution in [0.3, 0.4) is 0 Å². The summed E-state index contributed by atoms with van der Waals surface area (Å²) in [6, 6.07) is 0.0784. The van der Waals surface area contributed by atoms with Crippen LogP contribution in [-0.2, 0) is 23.6 Å². The maximum absolute atomic E-state index is 13.4. The summed E-state index contributed by atoms with van der Waals surface area (Å²) in [5.74, 6) is 4.58.